The highest BCUT2D eigenvalue weighted by atomic mass is 15.8. The Morgan fingerprint density at radius 3 is 2.92 bits per heavy atom. The minimum Gasteiger partial charge on any atom is -0.288 e. The third-order valence-corrected chi connectivity index (χ3v) is 2.07. The summed E-state index contributed by atoms with van der Waals surface area (Å²) in [6.45, 7) is 2.04. The van der Waals surface area contributed by atoms with Gasteiger partial charge in [0.25, 0.3) is 0 Å². The molecule has 0 spiro atoms. The van der Waals surface area contributed by atoms with Gasteiger partial charge in [-0.1, -0.05) is 0 Å². The van der Waals surface area contributed by atoms with Gasteiger partial charge in [0, 0.05) is 20.3 Å². The van der Waals surface area contributed by atoms with E-state index in [0.29, 0.717) is 0 Å². The van der Waals surface area contributed by atoms with Crippen molar-refractivity contribution < 1.29 is 0 Å². The zero-order valence-corrected chi connectivity index (χ0v) is 7.50. The van der Waals surface area contributed by atoms with Gasteiger partial charge in [0.2, 0.25) is 0 Å². The van der Waals surface area contributed by atoms with Gasteiger partial charge in [-0.2, -0.15) is 0 Å². The lowest BCUT2D eigenvalue weighted by atomic mass is 10.3. The van der Waals surface area contributed by atoms with E-state index in [1.165, 1.54) is 5.56 Å². The van der Waals surface area contributed by atoms with Crippen LogP contribution in [0.5, 0.6) is 0 Å². The zero-order chi connectivity index (χ0) is 8.72. The van der Waals surface area contributed by atoms with Crippen LogP contribution in [0.25, 0.3) is 0 Å². The first-order valence-electron chi connectivity index (χ1n) is 3.89. The summed E-state index contributed by atoms with van der Waals surface area (Å²) in [4.78, 5) is 4.27. The SMILES string of the molecule is Cc1cnc2c(c1)N(C)N(C)N2. The maximum Gasteiger partial charge on any atom is 0.167 e. The summed E-state index contributed by atoms with van der Waals surface area (Å²) < 4.78 is 0. The average Bonchev–Trinajstić information content (AvgIpc) is 2.31. The maximum atomic E-state index is 4.27. The van der Waals surface area contributed by atoms with Gasteiger partial charge in [0.15, 0.2) is 5.82 Å². The number of nitrogens with zero attached hydrogens (tertiary/aromatic N) is 3. The van der Waals surface area contributed by atoms with Gasteiger partial charge in [0.05, 0.1) is 5.69 Å². The van der Waals surface area contributed by atoms with E-state index in [9.17, 15) is 0 Å². The number of pyridine rings is 1. The number of nitrogens with one attached hydrogen (secondary N) is 1. The number of aromatic nitrogens is 1. The van der Waals surface area contributed by atoms with Gasteiger partial charge in [-0.15, -0.1) is 5.12 Å². The second-order valence-electron chi connectivity index (χ2n) is 3.04. The molecule has 4 heteroatoms. The lowest BCUT2D eigenvalue weighted by Gasteiger charge is -2.19. The van der Waals surface area contributed by atoms with Gasteiger partial charge in [0.1, 0.15) is 0 Å². The summed E-state index contributed by atoms with van der Waals surface area (Å²) >= 11 is 0. The van der Waals surface area contributed by atoms with Crippen LogP contribution in [0, 0.1) is 6.92 Å². The van der Waals surface area contributed by atoms with Crippen LogP contribution in [0.15, 0.2) is 12.3 Å². The predicted octanol–water partition coefficient (Wildman–Crippen LogP) is 1.01. The molecular weight excluding hydrogens is 152 g/mol. The number of aryl methyl sites for hydroxylation is 1. The number of hydrogen-bond donors (Lipinski definition) is 1. The van der Waals surface area contributed by atoms with Crippen LogP contribution in [-0.4, -0.2) is 24.2 Å². The van der Waals surface area contributed by atoms with Crippen LogP contribution in [0.3, 0.4) is 0 Å². The largest absolute Gasteiger partial charge is 0.288 e. The third-order valence-electron chi connectivity index (χ3n) is 2.07. The topological polar surface area (TPSA) is 31.4 Å². The van der Waals surface area contributed by atoms with Crippen molar-refractivity contribution in [2.24, 2.45) is 0 Å². The van der Waals surface area contributed by atoms with Crippen LogP contribution in [0.1, 0.15) is 5.56 Å². The molecule has 0 radical (unpaired) electrons. The molecule has 2 heterocycles. The fraction of sp³-hybridized carbons (Fsp3) is 0.375. The lowest BCUT2D eigenvalue weighted by molar-refractivity contribution is 0.412. The molecule has 1 aliphatic heterocycles. The summed E-state index contributed by atoms with van der Waals surface area (Å²) in [6, 6.07) is 2.11. The normalized spacial score (nSPS) is 16.1. The standard InChI is InChI=1S/C8H12N4/c1-6-4-7-8(9-5-6)10-12(3)11(7)2/h4-5H,1-3H3,(H,9,10). The molecule has 0 saturated heterocycles. The van der Waals surface area contributed by atoms with Gasteiger partial charge in [-0.25, -0.2) is 4.98 Å². The molecule has 1 N–H and O–H groups in total. The van der Waals surface area contributed by atoms with Crippen LogP contribution in [0.2, 0.25) is 0 Å². The Balaban J connectivity index is 2.48. The van der Waals surface area contributed by atoms with Crippen LogP contribution < -0.4 is 10.4 Å². The summed E-state index contributed by atoms with van der Waals surface area (Å²) in [7, 11) is 3.96. The lowest BCUT2D eigenvalue weighted by Crippen LogP contribution is -2.34. The number of fused-ring (bicyclic) bond motifs is 1. The van der Waals surface area contributed by atoms with E-state index in [-0.39, 0.29) is 0 Å². The van der Waals surface area contributed by atoms with E-state index < -0.39 is 0 Å². The average molecular weight is 164 g/mol. The smallest absolute Gasteiger partial charge is 0.167 e. The number of hydrazine groups is 2. The highest BCUT2D eigenvalue weighted by molar-refractivity contribution is 5.68. The van der Waals surface area contributed by atoms with E-state index in [1.807, 2.05) is 37.3 Å². The van der Waals surface area contributed by atoms with Crippen molar-refractivity contribution in [1.29, 1.82) is 0 Å². The van der Waals surface area contributed by atoms with Crippen molar-refractivity contribution >= 4 is 11.5 Å². The second kappa shape index (κ2) is 2.35. The van der Waals surface area contributed by atoms with Crippen molar-refractivity contribution in [1.82, 2.24) is 10.1 Å². The number of rotatable bonds is 0. The molecule has 1 aromatic rings. The Bertz CT molecular complexity index is 310. The van der Waals surface area contributed by atoms with Crippen LogP contribution in [-0.2, 0) is 0 Å². The van der Waals surface area contributed by atoms with Crippen LogP contribution >= 0.6 is 0 Å². The molecule has 1 aromatic heterocycles. The Labute approximate surface area is 71.7 Å². The zero-order valence-electron chi connectivity index (χ0n) is 7.50. The van der Waals surface area contributed by atoms with E-state index in [2.05, 4.69) is 16.5 Å². The predicted molar refractivity (Wildman–Crippen MR) is 48.8 cm³/mol. The highest BCUT2D eigenvalue weighted by Gasteiger charge is 2.20. The fourth-order valence-corrected chi connectivity index (χ4v) is 1.28. The first kappa shape index (κ1) is 7.36. The Kier molecular flexibility index (Phi) is 1.44. The molecule has 0 bridgehead atoms. The second-order valence-corrected chi connectivity index (χ2v) is 3.04. The van der Waals surface area contributed by atoms with Crippen molar-refractivity contribution in [3.05, 3.63) is 17.8 Å². The van der Waals surface area contributed by atoms with Crippen molar-refractivity contribution in [3.8, 4) is 0 Å². The van der Waals surface area contributed by atoms with Crippen molar-refractivity contribution in [3.63, 3.8) is 0 Å². The minimum atomic E-state index is 0.922. The highest BCUT2D eigenvalue weighted by Crippen LogP contribution is 2.29. The van der Waals surface area contributed by atoms with Crippen molar-refractivity contribution in [2.75, 3.05) is 24.5 Å². The van der Waals surface area contributed by atoms with E-state index in [0.717, 1.165) is 11.5 Å². The van der Waals surface area contributed by atoms with E-state index >= 15 is 0 Å². The molecule has 64 valence electrons. The van der Waals surface area contributed by atoms with Crippen molar-refractivity contribution in [2.45, 2.75) is 6.92 Å². The molecule has 0 amide bonds. The molecular formula is C8H12N4. The molecule has 4 nitrogen and oxygen atoms in total. The number of anilines is 2. The summed E-state index contributed by atoms with van der Waals surface area (Å²) in [5.74, 6) is 0.922. The van der Waals surface area contributed by atoms with Gasteiger partial charge >= 0.3 is 0 Å². The summed E-state index contributed by atoms with van der Waals surface area (Å²) in [5.41, 5.74) is 5.42. The molecule has 0 fully saturated rings. The monoisotopic (exact) mass is 164 g/mol. The summed E-state index contributed by atoms with van der Waals surface area (Å²) in [6.07, 6.45) is 1.86. The van der Waals surface area contributed by atoms with E-state index in [4.69, 9.17) is 0 Å². The van der Waals surface area contributed by atoms with E-state index in [1.54, 1.807) is 0 Å². The molecule has 0 atom stereocenters. The fourth-order valence-electron chi connectivity index (χ4n) is 1.28. The Morgan fingerprint density at radius 1 is 1.42 bits per heavy atom. The maximum absolute atomic E-state index is 4.27. The molecule has 0 unspecified atom stereocenters. The molecule has 0 aliphatic carbocycles. The molecule has 1 aliphatic rings. The molecule has 0 saturated carbocycles. The Morgan fingerprint density at radius 2 is 2.17 bits per heavy atom. The first-order chi connectivity index (χ1) is 5.68. The summed E-state index contributed by atoms with van der Waals surface area (Å²) in [5, 5.41) is 3.92. The van der Waals surface area contributed by atoms with Crippen LogP contribution in [0.4, 0.5) is 11.5 Å². The quantitative estimate of drug-likeness (QED) is 0.620. The first-order valence-corrected chi connectivity index (χ1v) is 3.89. The molecule has 2 rings (SSSR count). The Hall–Kier alpha value is -1.29. The number of hydrogen-bond acceptors (Lipinski definition) is 4. The minimum absolute atomic E-state index is 0.922. The van der Waals surface area contributed by atoms with Gasteiger partial charge in [-0.3, -0.25) is 10.4 Å². The molecule has 0 aromatic carbocycles. The molecule has 12 heavy (non-hydrogen) atoms. The van der Waals surface area contributed by atoms with Gasteiger partial charge in [-0.05, 0) is 18.6 Å². The van der Waals surface area contributed by atoms with Gasteiger partial charge < -0.3 is 0 Å². The third kappa shape index (κ3) is 0.921.